The van der Waals surface area contributed by atoms with Crippen LogP contribution in [0.15, 0.2) is 119 Å². The first-order valence-electron chi connectivity index (χ1n) is 9.92. The molecule has 3 aromatic carbocycles. The lowest BCUT2D eigenvalue weighted by molar-refractivity contribution is -0.111. The van der Waals surface area contributed by atoms with Crippen molar-refractivity contribution >= 4 is 27.5 Å². The molecule has 0 aliphatic rings. The summed E-state index contributed by atoms with van der Waals surface area (Å²) in [6.45, 7) is 0. The molecular formula is C26H20N2O3S. The topological polar surface area (TPSA) is 76.1 Å². The van der Waals surface area contributed by atoms with E-state index in [1.54, 1.807) is 60.9 Å². The van der Waals surface area contributed by atoms with E-state index in [2.05, 4.69) is 10.3 Å². The van der Waals surface area contributed by atoms with Crippen molar-refractivity contribution in [1.29, 1.82) is 0 Å². The molecule has 0 aliphatic carbocycles. The number of nitrogens with zero attached hydrogens (tertiary/aromatic N) is 1. The third-order valence-electron chi connectivity index (χ3n) is 4.82. The van der Waals surface area contributed by atoms with Crippen LogP contribution in [0.5, 0.6) is 0 Å². The van der Waals surface area contributed by atoms with Crippen molar-refractivity contribution in [1.82, 2.24) is 4.98 Å². The molecule has 0 saturated heterocycles. The molecule has 0 fully saturated rings. The van der Waals surface area contributed by atoms with Crippen molar-refractivity contribution in [2.75, 3.05) is 5.32 Å². The smallest absolute Gasteiger partial charge is 0.248 e. The van der Waals surface area contributed by atoms with Crippen molar-refractivity contribution in [3.63, 3.8) is 0 Å². The normalized spacial score (nSPS) is 11.4. The molecule has 0 saturated carbocycles. The predicted molar refractivity (Wildman–Crippen MR) is 126 cm³/mol. The summed E-state index contributed by atoms with van der Waals surface area (Å²) in [6, 6.07) is 26.3. The lowest BCUT2D eigenvalue weighted by Crippen LogP contribution is -2.08. The van der Waals surface area contributed by atoms with Gasteiger partial charge in [-0.25, -0.2) is 8.42 Å². The van der Waals surface area contributed by atoms with Crippen LogP contribution in [0, 0.1) is 0 Å². The van der Waals surface area contributed by atoms with E-state index in [0.29, 0.717) is 5.69 Å². The summed E-state index contributed by atoms with van der Waals surface area (Å²) in [6.07, 6.45) is 6.36. The second kappa shape index (κ2) is 9.41. The van der Waals surface area contributed by atoms with Crippen LogP contribution in [0.2, 0.25) is 0 Å². The van der Waals surface area contributed by atoms with Crippen LogP contribution < -0.4 is 5.32 Å². The first-order valence-corrected chi connectivity index (χ1v) is 11.4. The summed E-state index contributed by atoms with van der Waals surface area (Å²) in [5.74, 6) is -0.319. The number of pyridine rings is 1. The van der Waals surface area contributed by atoms with Gasteiger partial charge in [-0.2, -0.15) is 0 Å². The van der Waals surface area contributed by atoms with Crippen LogP contribution in [0.3, 0.4) is 0 Å². The standard InChI is InChI=1S/C26H20N2O3S/c29-26(17-8-20-5-4-18-27-19-20)28-23-11-15-25(16-12-23)32(30,31)24-13-9-22(10-14-24)21-6-2-1-3-7-21/h1-19H,(H,28,29)/b17-8+. The average molecular weight is 441 g/mol. The average Bonchev–Trinajstić information content (AvgIpc) is 2.84. The molecule has 0 atom stereocenters. The first kappa shape index (κ1) is 21.2. The van der Waals surface area contributed by atoms with Gasteiger partial charge in [0.25, 0.3) is 0 Å². The van der Waals surface area contributed by atoms with E-state index < -0.39 is 9.84 Å². The van der Waals surface area contributed by atoms with Crippen LogP contribution in [-0.4, -0.2) is 19.3 Å². The highest BCUT2D eigenvalue weighted by Gasteiger charge is 2.17. The van der Waals surface area contributed by atoms with Gasteiger partial charge in [0, 0.05) is 24.2 Å². The van der Waals surface area contributed by atoms with E-state index in [1.807, 2.05) is 36.4 Å². The molecule has 158 valence electrons. The van der Waals surface area contributed by atoms with Gasteiger partial charge in [-0.3, -0.25) is 9.78 Å². The zero-order valence-electron chi connectivity index (χ0n) is 17.0. The summed E-state index contributed by atoms with van der Waals surface area (Å²) in [7, 11) is -3.66. The van der Waals surface area contributed by atoms with Crippen LogP contribution in [0.1, 0.15) is 5.56 Å². The minimum atomic E-state index is -3.66. The number of carbonyl (C=O) groups is 1. The van der Waals surface area contributed by atoms with Crippen molar-refractivity contribution in [2.24, 2.45) is 0 Å². The highest BCUT2D eigenvalue weighted by atomic mass is 32.2. The molecule has 0 spiro atoms. The van der Waals surface area contributed by atoms with E-state index in [4.69, 9.17) is 0 Å². The molecule has 0 aliphatic heterocycles. The molecule has 4 aromatic rings. The van der Waals surface area contributed by atoms with Crippen LogP contribution >= 0.6 is 0 Å². The third kappa shape index (κ3) is 4.99. The maximum absolute atomic E-state index is 13.0. The van der Waals surface area contributed by atoms with Gasteiger partial charge in [-0.15, -0.1) is 0 Å². The Hall–Kier alpha value is -4.03. The Morgan fingerprint density at radius 3 is 2.00 bits per heavy atom. The van der Waals surface area contributed by atoms with Crippen LogP contribution in [0.4, 0.5) is 5.69 Å². The fourth-order valence-corrected chi connectivity index (χ4v) is 4.40. The van der Waals surface area contributed by atoms with E-state index >= 15 is 0 Å². The van der Waals surface area contributed by atoms with Gasteiger partial charge in [0.05, 0.1) is 9.79 Å². The number of hydrogen-bond acceptors (Lipinski definition) is 4. The zero-order chi connectivity index (χ0) is 22.4. The second-order valence-electron chi connectivity index (χ2n) is 7.03. The number of hydrogen-bond donors (Lipinski definition) is 1. The number of benzene rings is 3. The van der Waals surface area contributed by atoms with Gasteiger partial charge in [-0.1, -0.05) is 48.5 Å². The highest BCUT2D eigenvalue weighted by Crippen LogP contribution is 2.26. The number of amides is 1. The number of sulfone groups is 1. The summed E-state index contributed by atoms with van der Waals surface area (Å²) in [5.41, 5.74) is 3.28. The molecule has 1 N–H and O–H groups in total. The molecule has 4 rings (SSSR count). The summed E-state index contributed by atoms with van der Waals surface area (Å²) in [5, 5.41) is 2.72. The maximum atomic E-state index is 13.0. The SMILES string of the molecule is O=C(/C=C/c1cccnc1)Nc1ccc(S(=O)(=O)c2ccc(-c3ccccc3)cc2)cc1. The van der Waals surface area contributed by atoms with Crippen molar-refractivity contribution in [2.45, 2.75) is 9.79 Å². The van der Waals surface area contributed by atoms with Crippen LogP contribution in [-0.2, 0) is 14.6 Å². The minimum Gasteiger partial charge on any atom is -0.323 e. The Morgan fingerprint density at radius 1 is 0.750 bits per heavy atom. The molecule has 0 radical (unpaired) electrons. The van der Waals surface area contributed by atoms with Gasteiger partial charge in [-0.05, 0) is 65.2 Å². The monoisotopic (exact) mass is 440 g/mol. The maximum Gasteiger partial charge on any atom is 0.248 e. The number of aromatic nitrogens is 1. The second-order valence-corrected chi connectivity index (χ2v) is 8.98. The lowest BCUT2D eigenvalue weighted by Gasteiger charge is -2.08. The molecule has 1 amide bonds. The van der Waals surface area contributed by atoms with Crippen molar-refractivity contribution in [3.8, 4) is 11.1 Å². The highest BCUT2D eigenvalue weighted by molar-refractivity contribution is 7.91. The van der Waals surface area contributed by atoms with E-state index in [-0.39, 0.29) is 15.7 Å². The van der Waals surface area contributed by atoms with E-state index in [0.717, 1.165) is 16.7 Å². The van der Waals surface area contributed by atoms with E-state index in [9.17, 15) is 13.2 Å². The summed E-state index contributed by atoms with van der Waals surface area (Å²) < 4.78 is 25.9. The number of carbonyl (C=O) groups excluding carboxylic acids is 1. The van der Waals surface area contributed by atoms with Crippen molar-refractivity contribution in [3.05, 3.63) is 115 Å². The fraction of sp³-hybridized carbons (Fsp3) is 0. The Labute approximate surface area is 187 Å². The molecule has 1 heterocycles. The Balaban J connectivity index is 1.46. The predicted octanol–water partition coefficient (Wildman–Crippen LogP) is 5.23. The number of nitrogens with one attached hydrogen (secondary N) is 1. The Morgan fingerprint density at radius 2 is 1.38 bits per heavy atom. The summed E-state index contributed by atoms with van der Waals surface area (Å²) in [4.78, 5) is 16.5. The molecule has 5 nitrogen and oxygen atoms in total. The molecule has 0 unspecified atom stereocenters. The largest absolute Gasteiger partial charge is 0.323 e. The minimum absolute atomic E-state index is 0.161. The molecule has 6 heteroatoms. The third-order valence-corrected chi connectivity index (χ3v) is 6.60. The first-order chi connectivity index (χ1) is 15.5. The number of anilines is 1. The van der Waals surface area contributed by atoms with Crippen molar-refractivity contribution < 1.29 is 13.2 Å². The zero-order valence-corrected chi connectivity index (χ0v) is 17.9. The fourth-order valence-electron chi connectivity index (χ4n) is 3.14. The van der Waals surface area contributed by atoms with Crippen LogP contribution in [0.25, 0.3) is 17.2 Å². The van der Waals surface area contributed by atoms with Gasteiger partial charge < -0.3 is 5.32 Å². The van der Waals surface area contributed by atoms with E-state index in [1.165, 1.54) is 18.2 Å². The molecule has 0 bridgehead atoms. The van der Waals surface area contributed by atoms with Gasteiger partial charge in [0.1, 0.15) is 0 Å². The van der Waals surface area contributed by atoms with Gasteiger partial charge >= 0.3 is 0 Å². The summed E-state index contributed by atoms with van der Waals surface area (Å²) >= 11 is 0. The molecular weight excluding hydrogens is 420 g/mol. The quantitative estimate of drug-likeness (QED) is 0.416. The molecule has 32 heavy (non-hydrogen) atoms. The molecule has 1 aromatic heterocycles. The lowest BCUT2D eigenvalue weighted by atomic mass is 10.1. The Kier molecular flexibility index (Phi) is 6.24. The Bertz CT molecular complexity index is 1330. The number of rotatable bonds is 6. The van der Waals surface area contributed by atoms with Gasteiger partial charge in [0.2, 0.25) is 15.7 Å². The van der Waals surface area contributed by atoms with Gasteiger partial charge in [0.15, 0.2) is 0 Å².